The summed E-state index contributed by atoms with van der Waals surface area (Å²) < 4.78 is 29.6. The van der Waals surface area contributed by atoms with Crippen molar-refractivity contribution < 1.29 is 13.2 Å². The summed E-state index contributed by atoms with van der Waals surface area (Å²) in [5, 5.41) is 6.90. The molecule has 136 valence electrons. The van der Waals surface area contributed by atoms with Crippen molar-refractivity contribution in [3.8, 4) is 0 Å². The number of anilines is 1. The second-order valence-corrected chi connectivity index (χ2v) is 7.53. The van der Waals surface area contributed by atoms with Gasteiger partial charge >= 0.3 is 0 Å². The lowest BCUT2D eigenvalue weighted by Gasteiger charge is -2.11. The Hall–Kier alpha value is -2.35. The Morgan fingerprint density at radius 3 is 2.60 bits per heavy atom. The highest BCUT2D eigenvalue weighted by atomic mass is 32.2. The number of amides is 1. The van der Waals surface area contributed by atoms with Crippen LogP contribution >= 0.6 is 0 Å². The predicted molar refractivity (Wildman–Crippen MR) is 97.2 cm³/mol. The minimum Gasteiger partial charge on any atom is -0.351 e. The number of hydrogen-bond acceptors (Lipinski definition) is 4. The van der Waals surface area contributed by atoms with Gasteiger partial charge in [0.25, 0.3) is 15.9 Å². The molecule has 0 aliphatic heterocycles. The van der Waals surface area contributed by atoms with Crippen molar-refractivity contribution >= 4 is 21.6 Å². The smallest absolute Gasteiger partial charge is 0.273 e. The van der Waals surface area contributed by atoms with Gasteiger partial charge in [0.15, 0.2) is 5.69 Å². The minimum absolute atomic E-state index is 0.0733. The molecule has 1 aromatic carbocycles. The van der Waals surface area contributed by atoms with Crippen molar-refractivity contribution in [3.05, 3.63) is 41.2 Å². The molecule has 7 nitrogen and oxygen atoms in total. The molecule has 0 spiro atoms. The van der Waals surface area contributed by atoms with Crippen LogP contribution in [0.2, 0.25) is 0 Å². The Bertz CT molecular complexity index is 872. The normalized spacial score (nSPS) is 11.4. The van der Waals surface area contributed by atoms with Crippen LogP contribution in [0.4, 0.5) is 5.69 Å². The molecule has 2 rings (SSSR count). The molecule has 0 aliphatic rings. The highest BCUT2D eigenvalue weighted by Crippen LogP contribution is 2.22. The number of carbonyl (C=O) groups excluding carboxylic acids is 1. The van der Waals surface area contributed by atoms with Crippen LogP contribution in [-0.2, 0) is 16.6 Å². The summed E-state index contributed by atoms with van der Waals surface area (Å²) in [5.74, 6) is -0.396. The van der Waals surface area contributed by atoms with Gasteiger partial charge in [-0.05, 0) is 44.4 Å². The van der Waals surface area contributed by atoms with Gasteiger partial charge in [-0.3, -0.25) is 14.2 Å². The van der Waals surface area contributed by atoms with Crippen LogP contribution in [0.5, 0.6) is 0 Å². The maximum atomic E-state index is 12.8. The summed E-state index contributed by atoms with van der Waals surface area (Å²) in [6.45, 7) is 8.40. The standard InChI is InChI=1S/C17H24N4O3S/c1-5-9-18-17(22)16-14(11-21(6-2)19-16)20-25(23,24)15-10-12(3)7-8-13(15)4/h7-8,10-11,20H,5-6,9H2,1-4H3,(H,18,22). The van der Waals surface area contributed by atoms with E-state index in [2.05, 4.69) is 15.1 Å². The molecule has 0 bridgehead atoms. The van der Waals surface area contributed by atoms with Gasteiger partial charge in [-0.2, -0.15) is 5.10 Å². The lowest BCUT2D eigenvalue weighted by atomic mass is 10.2. The van der Waals surface area contributed by atoms with E-state index in [1.165, 1.54) is 10.9 Å². The van der Waals surface area contributed by atoms with Crippen LogP contribution in [0, 0.1) is 13.8 Å². The number of hydrogen-bond donors (Lipinski definition) is 2. The van der Waals surface area contributed by atoms with Crippen molar-refractivity contribution in [2.45, 2.75) is 45.6 Å². The van der Waals surface area contributed by atoms with E-state index >= 15 is 0 Å². The van der Waals surface area contributed by atoms with Gasteiger partial charge in [0.1, 0.15) is 0 Å². The Balaban J connectivity index is 2.40. The molecule has 2 N–H and O–H groups in total. The molecule has 0 fully saturated rings. The monoisotopic (exact) mass is 364 g/mol. The quantitative estimate of drug-likeness (QED) is 0.789. The molecule has 2 aromatic rings. The first-order chi connectivity index (χ1) is 11.8. The van der Waals surface area contributed by atoms with Gasteiger partial charge < -0.3 is 5.32 Å². The fourth-order valence-electron chi connectivity index (χ4n) is 2.34. The Morgan fingerprint density at radius 2 is 1.96 bits per heavy atom. The summed E-state index contributed by atoms with van der Waals surface area (Å²) >= 11 is 0. The van der Waals surface area contributed by atoms with Crippen LogP contribution in [-0.4, -0.2) is 30.7 Å². The number of rotatable bonds is 7. The maximum absolute atomic E-state index is 12.8. The average molecular weight is 364 g/mol. The first-order valence-corrected chi connectivity index (χ1v) is 9.72. The Labute approximate surface area is 148 Å². The highest BCUT2D eigenvalue weighted by molar-refractivity contribution is 7.92. The van der Waals surface area contributed by atoms with E-state index < -0.39 is 15.9 Å². The summed E-state index contributed by atoms with van der Waals surface area (Å²) in [4.78, 5) is 12.5. The van der Waals surface area contributed by atoms with Crippen molar-refractivity contribution in [1.82, 2.24) is 15.1 Å². The highest BCUT2D eigenvalue weighted by Gasteiger charge is 2.23. The van der Waals surface area contributed by atoms with Gasteiger partial charge in [0, 0.05) is 19.3 Å². The predicted octanol–water partition coefficient (Wildman–Crippen LogP) is 2.46. The second kappa shape index (κ2) is 7.69. The maximum Gasteiger partial charge on any atom is 0.273 e. The summed E-state index contributed by atoms with van der Waals surface area (Å²) in [5.41, 5.74) is 1.73. The van der Waals surface area contributed by atoms with Gasteiger partial charge in [0.2, 0.25) is 0 Å². The lowest BCUT2D eigenvalue weighted by molar-refractivity contribution is 0.0948. The van der Waals surface area contributed by atoms with E-state index in [1.807, 2.05) is 26.8 Å². The number of nitrogens with one attached hydrogen (secondary N) is 2. The molecule has 0 atom stereocenters. The molecule has 8 heteroatoms. The third-order valence-corrected chi connectivity index (χ3v) is 5.22. The average Bonchev–Trinajstić information content (AvgIpc) is 2.97. The van der Waals surface area contributed by atoms with E-state index in [0.29, 0.717) is 18.7 Å². The third kappa shape index (κ3) is 4.39. The first-order valence-electron chi connectivity index (χ1n) is 8.24. The number of nitrogens with zero attached hydrogens (tertiary/aromatic N) is 2. The molecule has 1 aromatic heterocycles. The molecule has 25 heavy (non-hydrogen) atoms. The zero-order valence-electron chi connectivity index (χ0n) is 15.0. The van der Waals surface area contributed by atoms with Gasteiger partial charge in [-0.1, -0.05) is 19.1 Å². The summed E-state index contributed by atoms with van der Waals surface area (Å²) in [7, 11) is -3.82. The molecule has 1 heterocycles. The number of sulfonamides is 1. The van der Waals surface area contributed by atoms with Crippen LogP contribution < -0.4 is 10.0 Å². The van der Waals surface area contributed by atoms with E-state index in [9.17, 15) is 13.2 Å². The Morgan fingerprint density at radius 1 is 1.24 bits per heavy atom. The Kier molecular flexibility index (Phi) is 5.84. The molecule has 0 unspecified atom stereocenters. The summed E-state index contributed by atoms with van der Waals surface area (Å²) in [6.07, 6.45) is 2.31. The topological polar surface area (TPSA) is 93.1 Å². The van der Waals surface area contributed by atoms with Crippen molar-refractivity contribution in [1.29, 1.82) is 0 Å². The second-order valence-electron chi connectivity index (χ2n) is 5.88. The fourth-order valence-corrected chi connectivity index (χ4v) is 3.73. The molecule has 0 saturated carbocycles. The van der Waals surface area contributed by atoms with Crippen LogP contribution in [0.25, 0.3) is 0 Å². The fraction of sp³-hybridized carbons (Fsp3) is 0.412. The molecule has 0 aliphatic carbocycles. The van der Waals surface area contributed by atoms with Crippen LogP contribution in [0.3, 0.4) is 0 Å². The van der Waals surface area contributed by atoms with Gasteiger partial charge in [0.05, 0.1) is 10.6 Å². The third-order valence-electron chi connectivity index (χ3n) is 3.71. The largest absolute Gasteiger partial charge is 0.351 e. The summed E-state index contributed by atoms with van der Waals surface area (Å²) in [6, 6.07) is 5.22. The van der Waals surface area contributed by atoms with Crippen molar-refractivity contribution in [2.75, 3.05) is 11.3 Å². The molecule has 1 amide bonds. The van der Waals surface area contributed by atoms with Crippen molar-refractivity contribution in [2.24, 2.45) is 0 Å². The molecule has 0 saturated heterocycles. The lowest BCUT2D eigenvalue weighted by Crippen LogP contribution is -2.26. The number of carbonyl (C=O) groups is 1. The molecule has 0 radical (unpaired) electrons. The zero-order chi connectivity index (χ0) is 18.6. The van der Waals surface area contributed by atoms with Crippen LogP contribution in [0.1, 0.15) is 41.9 Å². The molecular weight excluding hydrogens is 340 g/mol. The van der Waals surface area contributed by atoms with Gasteiger partial charge in [-0.15, -0.1) is 0 Å². The number of aromatic nitrogens is 2. The van der Waals surface area contributed by atoms with Gasteiger partial charge in [-0.25, -0.2) is 8.42 Å². The van der Waals surface area contributed by atoms with Crippen LogP contribution in [0.15, 0.2) is 29.3 Å². The van der Waals surface area contributed by atoms with E-state index in [1.54, 1.807) is 19.1 Å². The van der Waals surface area contributed by atoms with E-state index in [-0.39, 0.29) is 16.3 Å². The van der Waals surface area contributed by atoms with E-state index in [4.69, 9.17) is 0 Å². The number of aryl methyl sites for hydroxylation is 3. The molecular formula is C17H24N4O3S. The number of benzene rings is 1. The zero-order valence-corrected chi connectivity index (χ0v) is 15.8. The SMILES string of the molecule is CCCNC(=O)c1nn(CC)cc1NS(=O)(=O)c1cc(C)ccc1C. The minimum atomic E-state index is -3.82. The first kappa shape index (κ1) is 19.0. The van der Waals surface area contributed by atoms with E-state index in [0.717, 1.165) is 12.0 Å². The van der Waals surface area contributed by atoms with Crippen molar-refractivity contribution in [3.63, 3.8) is 0 Å².